The molecule has 0 amide bonds. The van der Waals surface area contributed by atoms with Crippen LogP contribution < -0.4 is 5.19 Å². The maximum Gasteiger partial charge on any atom is 0.462 e. The summed E-state index contributed by atoms with van der Waals surface area (Å²) in [7, 11) is -4.07. The number of hydrogen-bond donors (Lipinski definition) is 0. The maximum absolute atomic E-state index is 7.12. The highest BCUT2D eigenvalue weighted by Crippen LogP contribution is 2.38. The third kappa shape index (κ3) is 6.22. The Kier molecular flexibility index (Phi) is 8.93. The Hall–Kier alpha value is -0.881. The van der Waals surface area contributed by atoms with Crippen LogP contribution in [0.1, 0.15) is 62.3 Å². The Morgan fingerprint density at radius 2 is 1.45 bits per heavy atom. The summed E-state index contributed by atoms with van der Waals surface area (Å²) in [5.41, 5.74) is 2.77. The fourth-order valence-electron chi connectivity index (χ4n) is 4.98. The van der Waals surface area contributed by atoms with Gasteiger partial charge in [0.1, 0.15) is 8.07 Å². The molecule has 1 aliphatic heterocycles. The second-order valence-electron chi connectivity index (χ2n) is 11.5. The predicted octanol–water partition coefficient (Wildman–Crippen LogP) is 7.12. The van der Waals surface area contributed by atoms with Gasteiger partial charge in [0.15, 0.2) is 8.32 Å². The summed E-state index contributed by atoms with van der Waals surface area (Å²) in [5.74, 6) is 0. The standard InChI is InChI=1S/C27H47BO3Si2/c1-12-33(13-2,14-3)31-25(4,5)24(32(10,11)23-19-16-15-17-20-23)21-18-22-28-29-26(6,7)27(8,9)30-28/h15-20H,12-14,22H2,1-11H3. The Bertz CT molecular complexity index is 827. The number of rotatable bonds is 10. The molecule has 1 aliphatic rings. The van der Waals surface area contributed by atoms with Crippen molar-refractivity contribution in [2.75, 3.05) is 0 Å². The zero-order valence-corrected chi connectivity index (χ0v) is 25.1. The van der Waals surface area contributed by atoms with Crippen molar-refractivity contribution in [3.8, 4) is 0 Å². The summed E-state index contributed by atoms with van der Waals surface area (Å²) in [4.78, 5) is 0. The maximum atomic E-state index is 7.12. The molecule has 3 nitrogen and oxygen atoms in total. The van der Waals surface area contributed by atoms with E-state index in [1.54, 1.807) is 0 Å². The van der Waals surface area contributed by atoms with Crippen LogP contribution in [0.4, 0.5) is 0 Å². The van der Waals surface area contributed by atoms with Crippen LogP contribution in [0.15, 0.2) is 47.3 Å². The zero-order chi connectivity index (χ0) is 25.1. The van der Waals surface area contributed by atoms with Gasteiger partial charge in [-0.15, -0.1) is 5.73 Å². The van der Waals surface area contributed by atoms with Crippen LogP contribution in [-0.4, -0.2) is 40.3 Å². The summed E-state index contributed by atoms with van der Waals surface area (Å²) in [6.45, 7) is 24.7. The second kappa shape index (κ2) is 10.4. The van der Waals surface area contributed by atoms with Gasteiger partial charge in [-0.05, 0) is 70.9 Å². The average molecular weight is 487 g/mol. The topological polar surface area (TPSA) is 27.7 Å². The molecular weight excluding hydrogens is 439 g/mol. The van der Waals surface area contributed by atoms with Crippen molar-refractivity contribution in [2.24, 2.45) is 0 Å². The molecule has 2 rings (SSSR count). The molecule has 0 bridgehead atoms. The quantitative estimate of drug-likeness (QED) is 0.260. The number of benzene rings is 1. The van der Waals surface area contributed by atoms with Crippen LogP contribution >= 0.6 is 0 Å². The van der Waals surface area contributed by atoms with Crippen molar-refractivity contribution in [2.45, 2.75) is 117 Å². The first-order valence-corrected chi connectivity index (χ1v) is 18.3. The van der Waals surface area contributed by atoms with Gasteiger partial charge < -0.3 is 13.7 Å². The first-order chi connectivity index (χ1) is 15.2. The van der Waals surface area contributed by atoms with E-state index in [2.05, 4.69) is 118 Å². The molecule has 0 radical (unpaired) electrons. The van der Waals surface area contributed by atoms with Gasteiger partial charge in [-0.25, -0.2) is 0 Å². The Balaban J connectivity index is 2.48. The van der Waals surface area contributed by atoms with E-state index in [4.69, 9.17) is 13.7 Å². The SMILES string of the molecule is CC[Si](CC)(CC)OC(C)(C)C(=C=CCB1OC(C)(C)C(C)(C)O1)[Si](C)(C)c1ccccc1. The average Bonchev–Trinajstić information content (AvgIpc) is 2.96. The largest absolute Gasteiger partial charge is 0.462 e. The van der Waals surface area contributed by atoms with Gasteiger partial charge in [0.25, 0.3) is 0 Å². The molecule has 184 valence electrons. The van der Waals surface area contributed by atoms with Crippen molar-refractivity contribution in [1.82, 2.24) is 0 Å². The van der Waals surface area contributed by atoms with E-state index in [9.17, 15) is 0 Å². The molecule has 1 aromatic carbocycles. The van der Waals surface area contributed by atoms with Crippen LogP contribution in [0.3, 0.4) is 0 Å². The van der Waals surface area contributed by atoms with Gasteiger partial charge in [-0.3, -0.25) is 0 Å². The monoisotopic (exact) mass is 486 g/mol. The molecule has 0 N–H and O–H groups in total. The van der Waals surface area contributed by atoms with E-state index >= 15 is 0 Å². The molecule has 6 heteroatoms. The molecule has 1 fully saturated rings. The summed E-state index contributed by atoms with van der Waals surface area (Å²) in [6.07, 6.45) is 2.82. The van der Waals surface area contributed by atoms with Gasteiger partial charge in [0.2, 0.25) is 0 Å². The fraction of sp³-hybridized carbons (Fsp3) is 0.667. The van der Waals surface area contributed by atoms with Crippen LogP contribution in [0, 0.1) is 0 Å². The molecule has 0 aromatic heterocycles. The van der Waals surface area contributed by atoms with E-state index in [1.165, 1.54) is 10.4 Å². The molecule has 0 saturated carbocycles. The summed E-state index contributed by atoms with van der Waals surface area (Å²) in [6, 6.07) is 14.3. The summed E-state index contributed by atoms with van der Waals surface area (Å²) >= 11 is 0. The highest BCUT2D eigenvalue weighted by atomic mass is 28.4. The lowest BCUT2D eigenvalue weighted by molar-refractivity contribution is 0.00578. The van der Waals surface area contributed by atoms with E-state index in [-0.39, 0.29) is 23.9 Å². The Labute approximate surface area is 206 Å². The normalized spacial score (nSPS) is 18.2. The van der Waals surface area contributed by atoms with E-state index in [1.807, 2.05) is 0 Å². The van der Waals surface area contributed by atoms with Gasteiger partial charge in [-0.1, -0.05) is 69.4 Å². The van der Waals surface area contributed by atoms with Crippen molar-refractivity contribution >= 4 is 28.7 Å². The zero-order valence-electron chi connectivity index (χ0n) is 23.1. The molecule has 0 spiro atoms. The smallest absolute Gasteiger partial charge is 0.408 e. The third-order valence-corrected chi connectivity index (χ3v) is 16.6. The van der Waals surface area contributed by atoms with Gasteiger partial charge in [0, 0.05) is 6.32 Å². The molecule has 33 heavy (non-hydrogen) atoms. The van der Waals surface area contributed by atoms with Crippen molar-refractivity contribution in [1.29, 1.82) is 0 Å². The first-order valence-electron chi connectivity index (χ1n) is 12.7. The van der Waals surface area contributed by atoms with Crippen LogP contribution in [0.5, 0.6) is 0 Å². The fourth-order valence-corrected chi connectivity index (χ4v) is 11.5. The molecule has 1 aromatic rings. The lowest BCUT2D eigenvalue weighted by atomic mass is 9.85. The summed E-state index contributed by atoms with van der Waals surface area (Å²) in [5, 5.41) is 2.72. The Morgan fingerprint density at radius 1 is 0.970 bits per heavy atom. The lowest BCUT2D eigenvalue weighted by Crippen LogP contribution is -2.54. The van der Waals surface area contributed by atoms with Gasteiger partial charge in [0.05, 0.1) is 16.8 Å². The minimum absolute atomic E-state index is 0.246. The molecule has 1 saturated heterocycles. The van der Waals surface area contributed by atoms with Gasteiger partial charge >= 0.3 is 7.12 Å². The molecule has 0 unspecified atom stereocenters. The van der Waals surface area contributed by atoms with Crippen LogP contribution in [0.2, 0.25) is 37.5 Å². The number of hydrogen-bond acceptors (Lipinski definition) is 3. The minimum Gasteiger partial charge on any atom is -0.408 e. The molecular formula is C27H47BO3Si2. The lowest BCUT2D eigenvalue weighted by Gasteiger charge is -2.43. The van der Waals surface area contributed by atoms with E-state index < -0.39 is 16.4 Å². The predicted molar refractivity (Wildman–Crippen MR) is 148 cm³/mol. The molecule has 1 heterocycles. The van der Waals surface area contributed by atoms with Crippen molar-refractivity contribution in [3.05, 3.63) is 47.3 Å². The highest BCUT2D eigenvalue weighted by Gasteiger charge is 2.50. The second-order valence-corrected chi connectivity index (χ2v) is 20.5. The molecule has 0 aliphatic carbocycles. The van der Waals surface area contributed by atoms with Gasteiger partial charge in [-0.2, -0.15) is 0 Å². The van der Waals surface area contributed by atoms with Crippen molar-refractivity contribution < 1.29 is 13.7 Å². The molecule has 0 atom stereocenters. The highest BCUT2D eigenvalue weighted by molar-refractivity contribution is 6.96. The summed E-state index contributed by atoms with van der Waals surface area (Å²) < 4.78 is 19.6. The first kappa shape index (κ1) is 28.4. The van der Waals surface area contributed by atoms with Crippen molar-refractivity contribution in [3.63, 3.8) is 0 Å². The van der Waals surface area contributed by atoms with Crippen LogP contribution in [-0.2, 0) is 13.7 Å². The third-order valence-electron chi connectivity index (χ3n) is 7.99. The van der Waals surface area contributed by atoms with E-state index in [0.29, 0.717) is 6.32 Å². The van der Waals surface area contributed by atoms with E-state index in [0.717, 1.165) is 18.1 Å². The minimum atomic E-state index is -2.03. The Morgan fingerprint density at radius 3 is 1.91 bits per heavy atom. The van der Waals surface area contributed by atoms with Crippen LogP contribution in [0.25, 0.3) is 0 Å².